The van der Waals surface area contributed by atoms with Crippen molar-refractivity contribution in [2.45, 2.75) is 31.5 Å². The van der Waals surface area contributed by atoms with Gasteiger partial charge in [-0.1, -0.05) is 12.1 Å². The molecule has 2 heterocycles. The second kappa shape index (κ2) is 9.14. The number of nitrogens with one attached hydrogen (secondary N) is 2. The number of urea groups is 1. The van der Waals surface area contributed by atoms with Crippen LogP contribution in [0.4, 0.5) is 18.0 Å². The summed E-state index contributed by atoms with van der Waals surface area (Å²) < 4.78 is 43.2. The van der Waals surface area contributed by atoms with Gasteiger partial charge in [-0.05, 0) is 62.2 Å². The summed E-state index contributed by atoms with van der Waals surface area (Å²) in [4.78, 5) is 14.4. The third-order valence-corrected chi connectivity index (χ3v) is 4.89. The van der Waals surface area contributed by atoms with Crippen LogP contribution in [-0.2, 0) is 12.6 Å². The first-order valence-corrected chi connectivity index (χ1v) is 9.39. The Morgan fingerprint density at radius 2 is 1.82 bits per heavy atom. The molecule has 1 aliphatic heterocycles. The Bertz CT molecular complexity index is 739. The minimum absolute atomic E-state index is 0.00170. The molecule has 1 aromatic carbocycles. The van der Waals surface area contributed by atoms with Gasteiger partial charge in [-0.15, -0.1) is 0 Å². The van der Waals surface area contributed by atoms with Crippen LogP contribution in [0.2, 0.25) is 0 Å². The Kier molecular flexibility index (Phi) is 6.61. The number of likely N-dealkylation sites (tertiary alicyclic amines) is 1. The molecule has 5 nitrogen and oxygen atoms in total. The summed E-state index contributed by atoms with van der Waals surface area (Å²) in [6.07, 6.45) is 0.0193. The summed E-state index contributed by atoms with van der Waals surface area (Å²) in [5, 5.41) is 5.61. The first-order valence-electron chi connectivity index (χ1n) is 9.39. The summed E-state index contributed by atoms with van der Waals surface area (Å²) in [6.45, 7) is 2.72. The largest absolute Gasteiger partial charge is 0.468 e. The Morgan fingerprint density at radius 1 is 1.11 bits per heavy atom. The zero-order valence-electron chi connectivity index (χ0n) is 15.5. The predicted octanol–water partition coefficient (Wildman–Crippen LogP) is 3.98. The lowest BCUT2D eigenvalue weighted by molar-refractivity contribution is -0.137. The van der Waals surface area contributed by atoms with Gasteiger partial charge in [0.15, 0.2) is 0 Å². The van der Waals surface area contributed by atoms with Gasteiger partial charge in [0.25, 0.3) is 0 Å². The van der Waals surface area contributed by atoms with E-state index in [9.17, 15) is 18.0 Å². The van der Waals surface area contributed by atoms with Crippen molar-refractivity contribution in [2.24, 2.45) is 0 Å². The monoisotopic (exact) mass is 395 g/mol. The van der Waals surface area contributed by atoms with E-state index in [2.05, 4.69) is 15.5 Å². The summed E-state index contributed by atoms with van der Waals surface area (Å²) >= 11 is 0. The van der Waals surface area contributed by atoms with Crippen LogP contribution < -0.4 is 10.6 Å². The Morgan fingerprint density at radius 3 is 2.43 bits per heavy atom. The zero-order valence-corrected chi connectivity index (χ0v) is 15.5. The minimum Gasteiger partial charge on any atom is -0.468 e. The van der Waals surface area contributed by atoms with Crippen LogP contribution in [0.5, 0.6) is 0 Å². The lowest BCUT2D eigenvalue weighted by Crippen LogP contribution is -2.42. The fourth-order valence-electron chi connectivity index (χ4n) is 3.38. The highest BCUT2D eigenvalue weighted by Gasteiger charge is 2.30. The van der Waals surface area contributed by atoms with Crippen LogP contribution in [0, 0.1) is 0 Å². The van der Waals surface area contributed by atoms with Gasteiger partial charge in [0, 0.05) is 13.1 Å². The van der Waals surface area contributed by atoms with Gasteiger partial charge in [-0.25, -0.2) is 4.79 Å². The van der Waals surface area contributed by atoms with Gasteiger partial charge in [-0.2, -0.15) is 13.2 Å². The summed E-state index contributed by atoms with van der Waals surface area (Å²) in [5.74, 6) is 0.826. The number of furan rings is 1. The fraction of sp³-hybridized carbons (Fsp3) is 0.450. The summed E-state index contributed by atoms with van der Waals surface area (Å²) in [5.41, 5.74) is 0.0617. The summed E-state index contributed by atoms with van der Waals surface area (Å²) in [6, 6.07) is 8.42. The molecule has 1 fully saturated rings. The molecule has 1 unspecified atom stereocenters. The molecular formula is C20H24F3N3O2. The Balaban J connectivity index is 1.43. The van der Waals surface area contributed by atoms with Crippen molar-refractivity contribution in [1.29, 1.82) is 0 Å². The van der Waals surface area contributed by atoms with Gasteiger partial charge in [0.05, 0.1) is 17.9 Å². The third-order valence-electron chi connectivity index (χ3n) is 4.89. The van der Waals surface area contributed by atoms with Crippen molar-refractivity contribution in [3.05, 3.63) is 59.5 Å². The molecule has 1 aliphatic rings. The molecule has 2 aromatic rings. The van der Waals surface area contributed by atoms with Gasteiger partial charge in [-0.3, -0.25) is 4.90 Å². The number of rotatable bonds is 7. The number of halogens is 3. The van der Waals surface area contributed by atoms with Gasteiger partial charge in [0.2, 0.25) is 0 Å². The zero-order chi connectivity index (χ0) is 20.0. The average Bonchev–Trinajstić information content (AvgIpc) is 3.36. The molecule has 8 heteroatoms. The highest BCUT2D eigenvalue weighted by atomic mass is 19.4. The average molecular weight is 395 g/mol. The molecule has 0 saturated carbocycles. The van der Waals surface area contributed by atoms with Crippen molar-refractivity contribution >= 4 is 6.03 Å². The van der Waals surface area contributed by atoms with Gasteiger partial charge in [0.1, 0.15) is 5.76 Å². The predicted molar refractivity (Wildman–Crippen MR) is 98.8 cm³/mol. The molecule has 0 spiro atoms. The molecule has 1 aromatic heterocycles. The SMILES string of the molecule is O=C(NCCc1ccc(C(F)(F)F)cc1)NCC(c1ccco1)N1CCCC1. The van der Waals surface area contributed by atoms with Crippen molar-refractivity contribution in [2.75, 3.05) is 26.2 Å². The van der Waals surface area contributed by atoms with E-state index in [1.165, 1.54) is 12.1 Å². The van der Waals surface area contributed by atoms with Crippen molar-refractivity contribution in [1.82, 2.24) is 15.5 Å². The number of carbonyl (C=O) groups is 1. The maximum absolute atomic E-state index is 12.6. The van der Waals surface area contributed by atoms with E-state index in [1.807, 2.05) is 12.1 Å². The number of hydrogen-bond acceptors (Lipinski definition) is 3. The Hall–Kier alpha value is -2.48. The number of amides is 2. The molecular weight excluding hydrogens is 371 g/mol. The number of nitrogens with zero attached hydrogens (tertiary/aromatic N) is 1. The second-order valence-corrected chi connectivity index (χ2v) is 6.86. The van der Waals surface area contributed by atoms with Gasteiger partial charge >= 0.3 is 12.2 Å². The second-order valence-electron chi connectivity index (χ2n) is 6.86. The van der Waals surface area contributed by atoms with E-state index < -0.39 is 11.7 Å². The topological polar surface area (TPSA) is 57.5 Å². The number of hydrogen-bond donors (Lipinski definition) is 2. The molecule has 1 saturated heterocycles. The number of benzene rings is 1. The molecule has 2 N–H and O–H groups in total. The minimum atomic E-state index is -4.34. The van der Waals surface area contributed by atoms with E-state index in [0.717, 1.165) is 49.4 Å². The first-order chi connectivity index (χ1) is 13.4. The van der Waals surface area contributed by atoms with Crippen molar-refractivity contribution in [3.63, 3.8) is 0 Å². The number of alkyl halides is 3. The van der Waals surface area contributed by atoms with E-state index in [1.54, 1.807) is 6.26 Å². The molecule has 1 atom stereocenters. The van der Waals surface area contributed by atoms with Crippen LogP contribution in [0.1, 0.15) is 35.8 Å². The molecule has 0 bridgehead atoms. The van der Waals surface area contributed by atoms with Crippen molar-refractivity contribution in [3.8, 4) is 0 Å². The van der Waals surface area contributed by atoms with E-state index in [0.29, 0.717) is 19.5 Å². The number of carbonyl (C=O) groups excluding carboxylic acids is 1. The standard InChI is InChI=1S/C20H24F3N3O2/c21-20(22,23)16-7-5-15(6-8-16)9-10-24-19(27)25-14-17(18-4-3-13-28-18)26-11-1-2-12-26/h3-8,13,17H,1-2,9-12,14H2,(H2,24,25,27). The third kappa shape index (κ3) is 5.51. The molecule has 28 heavy (non-hydrogen) atoms. The van der Waals surface area contributed by atoms with E-state index >= 15 is 0 Å². The van der Waals surface area contributed by atoms with Crippen LogP contribution in [-0.4, -0.2) is 37.1 Å². The van der Waals surface area contributed by atoms with Gasteiger partial charge < -0.3 is 15.1 Å². The molecule has 0 aliphatic carbocycles. The lowest BCUT2D eigenvalue weighted by atomic mass is 10.1. The van der Waals surface area contributed by atoms with Crippen LogP contribution >= 0.6 is 0 Å². The lowest BCUT2D eigenvalue weighted by Gasteiger charge is -2.26. The fourth-order valence-corrected chi connectivity index (χ4v) is 3.38. The molecule has 2 amide bonds. The van der Waals surface area contributed by atoms with Crippen LogP contribution in [0.3, 0.4) is 0 Å². The van der Waals surface area contributed by atoms with Crippen molar-refractivity contribution < 1.29 is 22.4 Å². The van der Waals surface area contributed by atoms with Crippen LogP contribution in [0.15, 0.2) is 47.1 Å². The normalized spacial score (nSPS) is 16.1. The smallest absolute Gasteiger partial charge is 0.416 e. The highest BCUT2D eigenvalue weighted by molar-refractivity contribution is 5.73. The Labute approximate surface area is 161 Å². The maximum Gasteiger partial charge on any atom is 0.416 e. The van der Waals surface area contributed by atoms with E-state index in [4.69, 9.17) is 4.42 Å². The van der Waals surface area contributed by atoms with Crippen LogP contribution in [0.25, 0.3) is 0 Å². The highest BCUT2D eigenvalue weighted by Crippen LogP contribution is 2.29. The molecule has 0 radical (unpaired) electrons. The summed E-state index contributed by atoms with van der Waals surface area (Å²) in [7, 11) is 0. The first kappa shape index (κ1) is 20.3. The molecule has 3 rings (SSSR count). The van der Waals surface area contributed by atoms with E-state index in [-0.39, 0.29) is 12.1 Å². The quantitative estimate of drug-likeness (QED) is 0.746. The molecule has 152 valence electrons. The maximum atomic E-state index is 12.6.